The molecule has 0 fully saturated rings. The van der Waals surface area contributed by atoms with E-state index in [1.165, 1.54) is 0 Å². The summed E-state index contributed by atoms with van der Waals surface area (Å²) in [6, 6.07) is 14.4. The van der Waals surface area contributed by atoms with Crippen LogP contribution in [0.3, 0.4) is 0 Å². The lowest BCUT2D eigenvalue weighted by molar-refractivity contribution is -0.113. The van der Waals surface area contributed by atoms with Crippen LogP contribution in [0.4, 0.5) is 5.69 Å². The van der Waals surface area contributed by atoms with Crippen molar-refractivity contribution in [3.63, 3.8) is 0 Å². The van der Waals surface area contributed by atoms with Gasteiger partial charge in [-0.3, -0.25) is 4.79 Å². The molecule has 0 aliphatic rings. The van der Waals surface area contributed by atoms with Crippen LogP contribution in [0.1, 0.15) is 11.4 Å². The minimum atomic E-state index is -3.73. The average molecular weight is 438 g/mol. The van der Waals surface area contributed by atoms with Gasteiger partial charge in [0, 0.05) is 18.9 Å². The Balaban J connectivity index is 1.67. The van der Waals surface area contributed by atoms with E-state index in [9.17, 15) is 13.2 Å². The summed E-state index contributed by atoms with van der Waals surface area (Å²) >= 11 is 11.9. The van der Waals surface area contributed by atoms with Crippen molar-refractivity contribution in [2.45, 2.75) is 12.3 Å². The lowest BCUT2D eigenvalue weighted by Gasteiger charge is -2.10. The summed E-state index contributed by atoms with van der Waals surface area (Å²) in [5, 5.41) is 2.91. The van der Waals surface area contributed by atoms with Crippen molar-refractivity contribution in [1.29, 1.82) is 0 Å². The number of hydrogen-bond donors (Lipinski definition) is 1. The van der Waals surface area contributed by atoms with Crippen LogP contribution in [0.15, 0.2) is 60.9 Å². The number of halogens is 2. The fourth-order valence-corrected chi connectivity index (χ4v) is 4.19. The minimum Gasteiger partial charge on any atom is -0.330 e. The summed E-state index contributed by atoms with van der Waals surface area (Å²) < 4.78 is 26.7. The van der Waals surface area contributed by atoms with Gasteiger partial charge in [0.05, 0.1) is 15.7 Å². The Labute approximate surface area is 173 Å². The fourth-order valence-electron chi connectivity index (χ4n) is 2.64. The van der Waals surface area contributed by atoms with Gasteiger partial charge in [-0.2, -0.15) is 0 Å². The molecular weight excluding hydrogens is 421 g/mol. The summed E-state index contributed by atoms with van der Waals surface area (Å²) in [6.45, 7) is 0.496. The molecule has 2 aromatic carbocycles. The Hall–Kier alpha value is -2.35. The van der Waals surface area contributed by atoms with Crippen LogP contribution in [0, 0.1) is 0 Å². The number of hydrogen-bond acceptors (Lipinski definition) is 4. The fraction of sp³-hybridized carbons (Fsp3) is 0.158. The first kappa shape index (κ1) is 20.4. The van der Waals surface area contributed by atoms with E-state index >= 15 is 0 Å². The minimum absolute atomic E-state index is 0.160. The maximum Gasteiger partial charge on any atom is 0.239 e. The predicted octanol–water partition coefficient (Wildman–Crippen LogP) is 3.79. The molecule has 3 aromatic rings. The molecule has 0 aliphatic heterocycles. The molecule has 3 rings (SSSR count). The number of carbonyl (C=O) groups is 1. The lowest BCUT2D eigenvalue weighted by atomic mass is 10.2. The van der Waals surface area contributed by atoms with Crippen LogP contribution in [0.25, 0.3) is 0 Å². The summed E-state index contributed by atoms with van der Waals surface area (Å²) in [6.07, 6.45) is 3.25. The van der Waals surface area contributed by atoms with E-state index in [1.807, 2.05) is 30.3 Å². The number of nitrogens with zero attached hydrogens (tertiary/aromatic N) is 2. The van der Waals surface area contributed by atoms with Gasteiger partial charge in [-0.15, -0.1) is 0 Å². The monoisotopic (exact) mass is 437 g/mol. The van der Waals surface area contributed by atoms with E-state index in [-0.39, 0.29) is 21.5 Å². The third kappa shape index (κ3) is 5.34. The normalized spacial score (nSPS) is 11.4. The van der Waals surface area contributed by atoms with E-state index in [0.29, 0.717) is 12.4 Å². The van der Waals surface area contributed by atoms with Crippen molar-refractivity contribution in [2.24, 2.45) is 0 Å². The van der Waals surface area contributed by atoms with Gasteiger partial charge < -0.3 is 9.88 Å². The van der Waals surface area contributed by atoms with Crippen LogP contribution in [0.2, 0.25) is 10.0 Å². The van der Waals surface area contributed by atoms with Crippen LogP contribution < -0.4 is 5.32 Å². The maximum atomic E-state index is 12.5. The molecule has 0 saturated heterocycles. The van der Waals surface area contributed by atoms with Crippen molar-refractivity contribution < 1.29 is 13.2 Å². The van der Waals surface area contributed by atoms with Crippen molar-refractivity contribution in [1.82, 2.24) is 9.55 Å². The predicted molar refractivity (Wildman–Crippen MR) is 110 cm³/mol. The number of nitrogens with one attached hydrogen (secondary N) is 1. The second kappa shape index (κ2) is 8.77. The maximum absolute atomic E-state index is 12.5. The quantitative estimate of drug-likeness (QED) is 0.609. The molecule has 0 radical (unpaired) electrons. The Morgan fingerprint density at radius 2 is 1.82 bits per heavy atom. The average Bonchev–Trinajstić information content (AvgIpc) is 3.05. The smallest absolute Gasteiger partial charge is 0.239 e. The molecule has 1 N–H and O–H groups in total. The topological polar surface area (TPSA) is 81.1 Å². The lowest BCUT2D eigenvalue weighted by Crippen LogP contribution is -2.25. The second-order valence-corrected chi connectivity index (χ2v) is 8.99. The molecule has 1 amide bonds. The SMILES string of the molecule is O=C(CS(=O)(=O)Cc1nccn1Cc1ccccc1)Nc1cccc(Cl)c1Cl. The Morgan fingerprint density at radius 1 is 1.07 bits per heavy atom. The van der Waals surface area contributed by atoms with Gasteiger partial charge in [-0.05, 0) is 17.7 Å². The van der Waals surface area contributed by atoms with Gasteiger partial charge in [0.15, 0.2) is 9.84 Å². The molecule has 0 bridgehead atoms. The molecule has 1 aromatic heterocycles. The van der Waals surface area contributed by atoms with Crippen LogP contribution >= 0.6 is 23.2 Å². The number of rotatable bonds is 7. The first-order valence-corrected chi connectivity index (χ1v) is 10.9. The number of sulfone groups is 1. The second-order valence-electron chi connectivity index (χ2n) is 6.14. The first-order valence-electron chi connectivity index (χ1n) is 8.32. The van der Waals surface area contributed by atoms with Crippen molar-refractivity contribution in [3.8, 4) is 0 Å². The molecule has 0 aliphatic carbocycles. The van der Waals surface area contributed by atoms with Gasteiger partial charge in [0.1, 0.15) is 17.3 Å². The van der Waals surface area contributed by atoms with Gasteiger partial charge in [-0.25, -0.2) is 13.4 Å². The molecule has 28 heavy (non-hydrogen) atoms. The highest BCUT2D eigenvalue weighted by Gasteiger charge is 2.21. The molecule has 6 nitrogen and oxygen atoms in total. The molecule has 1 heterocycles. The van der Waals surface area contributed by atoms with Crippen LogP contribution in [-0.2, 0) is 26.9 Å². The third-order valence-corrected chi connectivity index (χ3v) is 6.14. The Bertz CT molecular complexity index is 1080. The molecule has 9 heteroatoms. The highest BCUT2D eigenvalue weighted by Crippen LogP contribution is 2.29. The van der Waals surface area contributed by atoms with Crippen LogP contribution in [0.5, 0.6) is 0 Å². The first-order chi connectivity index (χ1) is 13.3. The van der Waals surface area contributed by atoms with E-state index in [1.54, 1.807) is 35.2 Å². The molecule has 0 saturated carbocycles. The van der Waals surface area contributed by atoms with E-state index in [2.05, 4.69) is 10.3 Å². The van der Waals surface area contributed by atoms with Gasteiger partial charge >= 0.3 is 0 Å². The number of benzene rings is 2. The summed E-state index contributed by atoms with van der Waals surface area (Å²) in [4.78, 5) is 16.3. The third-order valence-electron chi connectivity index (χ3n) is 3.92. The van der Waals surface area contributed by atoms with Crippen LogP contribution in [-0.4, -0.2) is 29.6 Å². The Kier molecular flexibility index (Phi) is 6.39. The molecule has 146 valence electrons. The van der Waals surface area contributed by atoms with Gasteiger partial charge in [-0.1, -0.05) is 59.6 Å². The van der Waals surface area contributed by atoms with Gasteiger partial charge in [0.25, 0.3) is 0 Å². The van der Waals surface area contributed by atoms with Crippen molar-refractivity contribution >= 4 is 44.6 Å². The molecular formula is C19H17Cl2N3O3S. The molecule has 0 atom stereocenters. The van der Waals surface area contributed by atoms with E-state index in [4.69, 9.17) is 23.2 Å². The van der Waals surface area contributed by atoms with Crippen molar-refractivity contribution in [2.75, 3.05) is 11.1 Å². The molecule has 0 spiro atoms. The number of anilines is 1. The van der Waals surface area contributed by atoms with Crippen molar-refractivity contribution in [3.05, 3.63) is 82.4 Å². The standard InChI is InChI=1S/C19H17Cl2N3O3S/c20-15-7-4-8-16(19(15)21)23-18(25)13-28(26,27)12-17-22-9-10-24(17)11-14-5-2-1-3-6-14/h1-10H,11-13H2,(H,23,25). The largest absolute Gasteiger partial charge is 0.330 e. The molecule has 0 unspecified atom stereocenters. The summed E-state index contributed by atoms with van der Waals surface area (Å²) in [5.74, 6) is -1.35. The summed E-state index contributed by atoms with van der Waals surface area (Å²) in [5.41, 5.74) is 1.28. The zero-order chi connectivity index (χ0) is 20.1. The number of amides is 1. The number of carbonyl (C=O) groups excluding carboxylic acids is 1. The number of aromatic nitrogens is 2. The highest BCUT2D eigenvalue weighted by atomic mass is 35.5. The number of imidazole rings is 1. The zero-order valence-corrected chi connectivity index (χ0v) is 17.0. The summed E-state index contributed by atoms with van der Waals surface area (Å²) in [7, 11) is -3.73. The highest BCUT2D eigenvalue weighted by molar-refractivity contribution is 7.91. The zero-order valence-electron chi connectivity index (χ0n) is 14.7. The van der Waals surface area contributed by atoms with E-state index in [0.717, 1.165) is 5.56 Å². The van der Waals surface area contributed by atoms with E-state index < -0.39 is 21.5 Å². The Morgan fingerprint density at radius 3 is 2.57 bits per heavy atom. The van der Waals surface area contributed by atoms with Gasteiger partial charge in [0.2, 0.25) is 5.91 Å².